The predicted molar refractivity (Wildman–Crippen MR) is 128 cm³/mol. The Kier molecular flexibility index (Phi) is 7.45. The Morgan fingerprint density at radius 3 is 2.39 bits per heavy atom. The number of nitrogens with zero attached hydrogens (tertiary/aromatic N) is 3. The normalized spacial score (nSPS) is 15.8. The minimum Gasteiger partial charge on any atom is -0.493 e. The van der Waals surface area contributed by atoms with Crippen LogP contribution in [0.15, 0.2) is 71.3 Å². The van der Waals surface area contributed by atoms with Crippen molar-refractivity contribution in [2.24, 2.45) is 5.41 Å². The summed E-state index contributed by atoms with van der Waals surface area (Å²) in [5, 5.41) is 0. The van der Waals surface area contributed by atoms with Gasteiger partial charge >= 0.3 is 0 Å². The fourth-order valence-electron chi connectivity index (χ4n) is 4.42. The number of carbonyl (C=O) groups excluding carboxylic acids is 1. The lowest BCUT2D eigenvalue weighted by atomic mass is 9.75. The Morgan fingerprint density at radius 2 is 1.76 bits per heavy atom. The number of oxazole rings is 1. The van der Waals surface area contributed by atoms with Crippen molar-refractivity contribution in [1.29, 1.82) is 0 Å². The van der Waals surface area contributed by atoms with Crippen molar-refractivity contribution in [3.63, 3.8) is 0 Å². The summed E-state index contributed by atoms with van der Waals surface area (Å²) in [5.74, 6) is 1.71. The molecule has 0 unspecified atom stereocenters. The first-order valence-electron chi connectivity index (χ1n) is 11.6. The monoisotopic (exact) mass is 447 g/mol. The van der Waals surface area contributed by atoms with Crippen molar-refractivity contribution in [3.05, 3.63) is 84.1 Å². The van der Waals surface area contributed by atoms with Crippen LogP contribution in [0.3, 0.4) is 0 Å². The van der Waals surface area contributed by atoms with E-state index in [1.165, 1.54) is 0 Å². The van der Waals surface area contributed by atoms with Crippen LogP contribution in [0.5, 0.6) is 5.75 Å². The lowest BCUT2D eigenvalue weighted by molar-refractivity contribution is -0.134. The summed E-state index contributed by atoms with van der Waals surface area (Å²) in [6.45, 7) is 5.60. The maximum absolute atomic E-state index is 13.2. The van der Waals surface area contributed by atoms with Crippen molar-refractivity contribution in [2.45, 2.75) is 39.3 Å². The lowest BCUT2D eigenvalue weighted by Crippen LogP contribution is -2.45. The third-order valence-electron chi connectivity index (χ3n) is 6.47. The summed E-state index contributed by atoms with van der Waals surface area (Å²) in [7, 11) is 1.89. The van der Waals surface area contributed by atoms with Crippen molar-refractivity contribution >= 4 is 5.91 Å². The quantitative estimate of drug-likeness (QED) is 0.476. The van der Waals surface area contributed by atoms with Gasteiger partial charge in [-0.1, -0.05) is 48.5 Å². The predicted octanol–water partition coefficient (Wildman–Crippen LogP) is 4.69. The van der Waals surface area contributed by atoms with Crippen LogP contribution < -0.4 is 4.74 Å². The molecule has 0 saturated carbocycles. The van der Waals surface area contributed by atoms with Crippen molar-refractivity contribution in [2.75, 3.05) is 26.7 Å². The molecule has 0 bridgehead atoms. The number of hydrogen-bond donors (Lipinski definition) is 0. The van der Waals surface area contributed by atoms with Crippen molar-refractivity contribution in [3.8, 4) is 5.75 Å². The molecule has 6 nitrogen and oxygen atoms in total. The van der Waals surface area contributed by atoms with Gasteiger partial charge in [-0.05, 0) is 43.6 Å². The molecule has 1 aliphatic rings. The number of piperidine rings is 1. The zero-order valence-electron chi connectivity index (χ0n) is 19.6. The van der Waals surface area contributed by atoms with Gasteiger partial charge in [0.15, 0.2) is 5.89 Å². The van der Waals surface area contributed by atoms with E-state index in [4.69, 9.17) is 9.15 Å². The molecule has 0 atom stereocenters. The third-order valence-corrected chi connectivity index (χ3v) is 6.47. The molecule has 2 aromatic carbocycles. The average molecular weight is 448 g/mol. The van der Waals surface area contributed by atoms with Gasteiger partial charge in [0, 0.05) is 38.9 Å². The number of amides is 1. The Bertz CT molecular complexity index is 1010. The van der Waals surface area contributed by atoms with Crippen molar-refractivity contribution in [1.82, 2.24) is 14.8 Å². The summed E-state index contributed by atoms with van der Waals surface area (Å²) < 4.78 is 11.5. The van der Waals surface area contributed by atoms with E-state index in [9.17, 15) is 4.79 Å². The second kappa shape index (κ2) is 10.7. The Morgan fingerprint density at radius 1 is 1.09 bits per heavy atom. The highest BCUT2D eigenvalue weighted by Gasteiger charge is 2.38. The first kappa shape index (κ1) is 23.1. The van der Waals surface area contributed by atoms with Gasteiger partial charge in [0.1, 0.15) is 12.0 Å². The van der Waals surface area contributed by atoms with Gasteiger partial charge in [0.2, 0.25) is 5.91 Å². The largest absolute Gasteiger partial charge is 0.493 e. The SMILES string of the molecule is Cc1nc(CN2CCC(COc3ccccc3)(CC(=O)N(C)Cc3ccccc3)CC2)co1. The van der Waals surface area contributed by atoms with Crippen molar-refractivity contribution < 1.29 is 13.9 Å². The van der Waals surface area contributed by atoms with Gasteiger partial charge in [0.05, 0.1) is 12.3 Å². The molecule has 0 N–H and O–H groups in total. The van der Waals surface area contributed by atoms with Crippen LogP contribution in [0, 0.1) is 12.3 Å². The van der Waals surface area contributed by atoms with Gasteiger partial charge in [0.25, 0.3) is 0 Å². The van der Waals surface area contributed by atoms with Crippen LogP contribution in [-0.2, 0) is 17.9 Å². The number of rotatable bonds is 9. The van der Waals surface area contributed by atoms with Crippen LogP contribution in [-0.4, -0.2) is 47.4 Å². The molecule has 1 saturated heterocycles. The number of likely N-dealkylation sites (tertiary alicyclic amines) is 1. The summed E-state index contributed by atoms with van der Waals surface area (Å²) in [6.07, 6.45) is 4.03. The van der Waals surface area contributed by atoms with E-state index in [-0.39, 0.29) is 11.3 Å². The number of hydrogen-bond acceptors (Lipinski definition) is 5. The number of aromatic nitrogens is 1. The Labute approximate surface area is 196 Å². The molecule has 1 aliphatic heterocycles. The molecule has 33 heavy (non-hydrogen) atoms. The first-order chi connectivity index (χ1) is 16.0. The maximum atomic E-state index is 13.2. The molecule has 0 aliphatic carbocycles. The number of benzene rings is 2. The highest BCUT2D eigenvalue weighted by Crippen LogP contribution is 2.37. The van der Waals surface area contributed by atoms with Crippen LogP contribution in [0.1, 0.15) is 36.4 Å². The van der Waals surface area contributed by atoms with E-state index >= 15 is 0 Å². The zero-order chi connectivity index (χ0) is 23.1. The second-order valence-corrected chi connectivity index (χ2v) is 9.15. The summed E-state index contributed by atoms with van der Waals surface area (Å²) >= 11 is 0. The molecular formula is C27H33N3O3. The Balaban J connectivity index is 1.40. The highest BCUT2D eigenvalue weighted by atomic mass is 16.5. The van der Waals surface area contributed by atoms with E-state index in [0.29, 0.717) is 25.5 Å². The molecule has 3 aromatic rings. The fraction of sp³-hybridized carbons (Fsp3) is 0.407. The van der Waals surface area contributed by atoms with Gasteiger partial charge in [-0.2, -0.15) is 0 Å². The molecule has 1 fully saturated rings. The standard InChI is InChI=1S/C27H33N3O3/c1-22-28-24(20-32-22)19-30-15-13-27(14-16-30,21-33-25-11-7-4-8-12-25)17-26(31)29(2)18-23-9-5-3-6-10-23/h3-12,20H,13-19,21H2,1-2H3. The smallest absolute Gasteiger partial charge is 0.223 e. The van der Waals surface area contributed by atoms with Crippen LogP contribution in [0.25, 0.3) is 0 Å². The molecular weight excluding hydrogens is 414 g/mol. The fourth-order valence-corrected chi connectivity index (χ4v) is 4.42. The van der Waals surface area contributed by atoms with E-state index in [1.807, 2.05) is 67.4 Å². The summed E-state index contributed by atoms with van der Waals surface area (Å²) in [5.41, 5.74) is 1.91. The van der Waals surface area contributed by atoms with Gasteiger partial charge in [-0.3, -0.25) is 9.69 Å². The molecule has 0 radical (unpaired) electrons. The summed E-state index contributed by atoms with van der Waals surface area (Å²) in [6, 6.07) is 20.0. The van der Waals surface area contributed by atoms with Gasteiger partial charge in [-0.15, -0.1) is 0 Å². The minimum atomic E-state index is -0.186. The number of para-hydroxylation sites is 1. The number of ether oxygens (including phenoxy) is 1. The maximum Gasteiger partial charge on any atom is 0.223 e. The van der Waals surface area contributed by atoms with Crippen LogP contribution in [0.4, 0.5) is 0 Å². The first-order valence-corrected chi connectivity index (χ1v) is 11.6. The molecule has 0 spiro atoms. The molecule has 6 heteroatoms. The van der Waals surface area contributed by atoms with Crippen LogP contribution >= 0.6 is 0 Å². The van der Waals surface area contributed by atoms with E-state index < -0.39 is 0 Å². The van der Waals surface area contributed by atoms with E-state index in [1.54, 1.807) is 6.26 Å². The molecule has 1 aromatic heterocycles. The molecule has 4 rings (SSSR count). The average Bonchev–Trinajstić information content (AvgIpc) is 3.25. The number of carbonyl (C=O) groups is 1. The zero-order valence-corrected chi connectivity index (χ0v) is 19.6. The molecule has 1 amide bonds. The van der Waals surface area contributed by atoms with Gasteiger partial charge in [-0.25, -0.2) is 4.98 Å². The molecule has 2 heterocycles. The lowest BCUT2D eigenvalue weighted by Gasteiger charge is -2.41. The van der Waals surface area contributed by atoms with E-state index in [2.05, 4.69) is 22.0 Å². The number of aryl methyl sites for hydroxylation is 1. The summed E-state index contributed by atoms with van der Waals surface area (Å²) in [4.78, 5) is 21.9. The topological polar surface area (TPSA) is 58.8 Å². The van der Waals surface area contributed by atoms with Gasteiger partial charge < -0.3 is 14.1 Å². The van der Waals surface area contributed by atoms with Crippen LogP contribution in [0.2, 0.25) is 0 Å². The van der Waals surface area contributed by atoms with E-state index in [0.717, 1.165) is 49.5 Å². The molecule has 174 valence electrons. The second-order valence-electron chi connectivity index (χ2n) is 9.15. The highest BCUT2D eigenvalue weighted by molar-refractivity contribution is 5.76. The third kappa shape index (κ3) is 6.45. The minimum absolute atomic E-state index is 0.163. The Hall–Kier alpha value is -3.12.